The van der Waals surface area contributed by atoms with Gasteiger partial charge in [0.25, 0.3) is 0 Å². The third-order valence-electron chi connectivity index (χ3n) is 2.68. The summed E-state index contributed by atoms with van der Waals surface area (Å²) in [5, 5.41) is 0. The maximum Gasteiger partial charge on any atom is 0.0233 e. The zero-order chi connectivity index (χ0) is 9.64. The molecule has 0 N–H and O–H groups in total. The minimum Gasteiger partial charge on any atom is -0.299 e. The second kappa shape index (κ2) is 5.48. The Kier molecular flexibility index (Phi) is 3.97. The molecule has 76 valence electrons. The van der Waals surface area contributed by atoms with E-state index in [2.05, 4.69) is 35.2 Å². The van der Waals surface area contributed by atoms with Gasteiger partial charge in [-0.15, -0.1) is 8.58 Å². The van der Waals surface area contributed by atoms with Crippen LogP contribution in [-0.2, 0) is 6.54 Å². The maximum atomic E-state index is 2.59. The standard InChI is InChI=1S/C12H18NP/c1-2-5-12(6-3-1)11-13-7-4-9-14-10-8-13/h1-3,5-6,14H,4,7-11H2. The maximum absolute atomic E-state index is 2.59. The van der Waals surface area contributed by atoms with Crippen molar-refractivity contribution in [2.75, 3.05) is 25.4 Å². The summed E-state index contributed by atoms with van der Waals surface area (Å²) in [6, 6.07) is 10.8. The molecule has 1 aliphatic heterocycles. The van der Waals surface area contributed by atoms with Crippen LogP contribution in [0.3, 0.4) is 0 Å². The van der Waals surface area contributed by atoms with E-state index in [1.54, 1.807) is 0 Å². The number of benzene rings is 1. The zero-order valence-electron chi connectivity index (χ0n) is 8.58. The van der Waals surface area contributed by atoms with Crippen LogP contribution in [0.2, 0.25) is 0 Å². The normalized spacial score (nSPS) is 20.9. The van der Waals surface area contributed by atoms with Crippen molar-refractivity contribution in [3.05, 3.63) is 35.9 Å². The van der Waals surface area contributed by atoms with E-state index in [1.165, 1.54) is 46.0 Å². The van der Waals surface area contributed by atoms with Crippen molar-refractivity contribution in [1.29, 1.82) is 0 Å². The molecule has 0 amide bonds. The number of nitrogens with zero attached hydrogens (tertiary/aromatic N) is 1. The first-order chi connectivity index (χ1) is 6.95. The first-order valence-electron chi connectivity index (χ1n) is 5.42. The molecule has 2 rings (SSSR count). The van der Waals surface area contributed by atoms with Gasteiger partial charge in [0.2, 0.25) is 0 Å². The lowest BCUT2D eigenvalue weighted by atomic mass is 10.2. The molecule has 0 saturated carbocycles. The predicted molar refractivity (Wildman–Crippen MR) is 64.4 cm³/mol. The van der Waals surface area contributed by atoms with Crippen molar-refractivity contribution >= 4 is 8.58 Å². The molecule has 0 aliphatic carbocycles. The average molecular weight is 207 g/mol. The van der Waals surface area contributed by atoms with Crippen LogP contribution in [0.15, 0.2) is 30.3 Å². The van der Waals surface area contributed by atoms with E-state index in [0.717, 1.165) is 6.54 Å². The molecule has 1 fully saturated rings. The predicted octanol–water partition coefficient (Wildman–Crippen LogP) is 2.57. The summed E-state index contributed by atoms with van der Waals surface area (Å²) in [7, 11) is 1.20. The van der Waals surface area contributed by atoms with Crippen LogP contribution < -0.4 is 0 Å². The van der Waals surface area contributed by atoms with Crippen LogP contribution >= 0.6 is 8.58 Å². The summed E-state index contributed by atoms with van der Waals surface area (Å²) in [6.07, 6.45) is 4.25. The van der Waals surface area contributed by atoms with Gasteiger partial charge in [-0.2, -0.15) is 0 Å². The van der Waals surface area contributed by atoms with Gasteiger partial charge in [-0.05, 0) is 30.9 Å². The molecule has 2 heteroatoms. The first-order valence-corrected chi connectivity index (χ1v) is 6.83. The van der Waals surface area contributed by atoms with Crippen LogP contribution in [0, 0.1) is 0 Å². The summed E-state index contributed by atoms with van der Waals surface area (Å²) < 4.78 is 0. The fraction of sp³-hybridized carbons (Fsp3) is 0.500. The summed E-state index contributed by atoms with van der Waals surface area (Å²) in [5.74, 6) is 0. The Labute approximate surface area is 88.3 Å². The van der Waals surface area contributed by atoms with Crippen molar-refractivity contribution in [2.45, 2.75) is 13.0 Å². The minimum atomic E-state index is 1.14. The van der Waals surface area contributed by atoms with Gasteiger partial charge in [0, 0.05) is 13.1 Å². The zero-order valence-corrected chi connectivity index (χ0v) is 9.58. The summed E-state index contributed by atoms with van der Waals surface area (Å²) in [6.45, 7) is 3.74. The van der Waals surface area contributed by atoms with Gasteiger partial charge in [-0.25, -0.2) is 0 Å². The highest BCUT2D eigenvalue weighted by Crippen LogP contribution is 2.17. The van der Waals surface area contributed by atoms with Crippen molar-refractivity contribution in [1.82, 2.24) is 4.90 Å². The average Bonchev–Trinajstić information content (AvgIpc) is 2.48. The largest absolute Gasteiger partial charge is 0.299 e. The Morgan fingerprint density at radius 2 is 1.93 bits per heavy atom. The Bertz CT molecular complexity index is 252. The smallest absolute Gasteiger partial charge is 0.0233 e. The SMILES string of the molecule is c1ccc(CN2CCCPCC2)cc1. The van der Waals surface area contributed by atoms with Crippen LogP contribution in [0.5, 0.6) is 0 Å². The van der Waals surface area contributed by atoms with Gasteiger partial charge >= 0.3 is 0 Å². The highest BCUT2D eigenvalue weighted by Gasteiger charge is 2.08. The fourth-order valence-electron chi connectivity index (χ4n) is 1.90. The highest BCUT2D eigenvalue weighted by atomic mass is 31.1. The third kappa shape index (κ3) is 3.08. The lowest BCUT2D eigenvalue weighted by molar-refractivity contribution is 0.287. The lowest BCUT2D eigenvalue weighted by Crippen LogP contribution is -2.25. The van der Waals surface area contributed by atoms with Gasteiger partial charge in [-0.1, -0.05) is 30.3 Å². The monoisotopic (exact) mass is 207 g/mol. The summed E-state index contributed by atoms with van der Waals surface area (Å²) in [5.41, 5.74) is 1.46. The van der Waals surface area contributed by atoms with E-state index < -0.39 is 0 Å². The molecular weight excluding hydrogens is 189 g/mol. The van der Waals surface area contributed by atoms with Gasteiger partial charge in [0.1, 0.15) is 0 Å². The van der Waals surface area contributed by atoms with Crippen LogP contribution in [0.4, 0.5) is 0 Å². The number of hydrogen-bond donors (Lipinski definition) is 0. The molecule has 0 bridgehead atoms. The summed E-state index contributed by atoms with van der Waals surface area (Å²) in [4.78, 5) is 2.59. The molecule has 1 atom stereocenters. The minimum absolute atomic E-state index is 1.14. The van der Waals surface area contributed by atoms with Crippen LogP contribution in [0.1, 0.15) is 12.0 Å². The van der Waals surface area contributed by atoms with E-state index in [1.807, 2.05) is 0 Å². The Hall–Kier alpha value is -0.390. The molecular formula is C12H18NP. The van der Waals surface area contributed by atoms with E-state index in [-0.39, 0.29) is 0 Å². The Morgan fingerprint density at radius 1 is 1.07 bits per heavy atom. The van der Waals surface area contributed by atoms with E-state index in [4.69, 9.17) is 0 Å². The molecule has 0 radical (unpaired) electrons. The molecule has 1 aliphatic rings. The van der Waals surface area contributed by atoms with Gasteiger partial charge in [0.15, 0.2) is 0 Å². The quantitative estimate of drug-likeness (QED) is 0.674. The topological polar surface area (TPSA) is 3.24 Å². The second-order valence-electron chi connectivity index (χ2n) is 3.87. The molecule has 1 aromatic carbocycles. The molecule has 1 aromatic rings. The molecule has 1 nitrogen and oxygen atoms in total. The molecule has 0 aromatic heterocycles. The highest BCUT2D eigenvalue weighted by molar-refractivity contribution is 7.38. The van der Waals surface area contributed by atoms with Crippen molar-refractivity contribution in [3.63, 3.8) is 0 Å². The Balaban J connectivity index is 1.90. The van der Waals surface area contributed by atoms with E-state index in [0.29, 0.717) is 0 Å². The van der Waals surface area contributed by atoms with Gasteiger partial charge < -0.3 is 0 Å². The van der Waals surface area contributed by atoms with Crippen LogP contribution in [-0.4, -0.2) is 30.3 Å². The fourth-order valence-corrected chi connectivity index (χ4v) is 3.03. The number of hydrogen-bond acceptors (Lipinski definition) is 1. The second-order valence-corrected chi connectivity index (χ2v) is 5.37. The summed E-state index contributed by atoms with van der Waals surface area (Å²) >= 11 is 0. The number of rotatable bonds is 2. The van der Waals surface area contributed by atoms with Crippen molar-refractivity contribution in [2.24, 2.45) is 0 Å². The first kappa shape index (κ1) is 10.1. The molecule has 1 heterocycles. The molecule has 1 saturated heterocycles. The van der Waals surface area contributed by atoms with Crippen molar-refractivity contribution in [3.8, 4) is 0 Å². The molecule has 14 heavy (non-hydrogen) atoms. The van der Waals surface area contributed by atoms with Gasteiger partial charge in [0.05, 0.1) is 0 Å². The van der Waals surface area contributed by atoms with E-state index in [9.17, 15) is 0 Å². The Morgan fingerprint density at radius 3 is 2.79 bits per heavy atom. The third-order valence-corrected chi connectivity index (χ3v) is 3.97. The lowest BCUT2D eigenvalue weighted by Gasteiger charge is -2.19. The van der Waals surface area contributed by atoms with Crippen LogP contribution in [0.25, 0.3) is 0 Å². The van der Waals surface area contributed by atoms with E-state index >= 15 is 0 Å². The van der Waals surface area contributed by atoms with Gasteiger partial charge in [-0.3, -0.25) is 4.90 Å². The molecule has 1 unspecified atom stereocenters. The van der Waals surface area contributed by atoms with Crippen molar-refractivity contribution < 1.29 is 0 Å². The molecule has 0 spiro atoms.